The normalized spacial score (nSPS) is 11.2. The van der Waals surface area contributed by atoms with Gasteiger partial charge in [-0.25, -0.2) is 4.98 Å². The predicted molar refractivity (Wildman–Crippen MR) is 102 cm³/mol. The molecular weight excluding hydrogens is 383 g/mol. The highest BCUT2D eigenvalue weighted by Gasteiger charge is 2.33. The van der Waals surface area contributed by atoms with Crippen LogP contribution in [-0.4, -0.2) is 15.9 Å². The van der Waals surface area contributed by atoms with Gasteiger partial charge in [-0.3, -0.25) is 9.78 Å². The minimum absolute atomic E-state index is 0.282. The molecule has 0 atom stereocenters. The first-order valence-electron chi connectivity index (χ1n) is 8.70. The van der Waals surface area contributed by atoms with E-state index >= 15 is 0 Å². The third-order valence-electron chi connectivity index (χ3n) is 4.17. The summed E-state index contributed by atoms with van der Waals surface area (Å²) in [5.41, 5.74) is 0.894. The van der Waals surface area contributed by atoms with Crippen molar-refractivity contribution in [3.63, 3.8) is 0 Å². The van der Waals surface area contributed by atoms with Gasteiger partial charge in [0.1, 0.15) is 5.75 Å². The number of amides is 1. The lowest BCUT2D eigenvalue weighted by Crippen LogP contribution is -2.18. The zero-order chi connectivity index (χ0) is 21.2. The molecule has 1 N–H and O–H groups in total. The molecule has 150 valence electrons. The average molecular weight is 401 g/mol. The van der Waals surface area contributed by atoms with Gasteiger partial charge < -0.3 is 10.1 Å². The molecule has 0 radical (unpaired) electrons. The monoisotopic (exact) mass is 401 g/mol. The number of ether oxygens (including phenoxy) is 1. The van der Waals surface area contributed by atoms with Crippen molar-refractivity contribution in [1.82, 2.24) is 9.97 Å². The fourth-order valence-electron chi connectivity index (χ4n) is 2.98. The largest absolute Gasteiger partial charge is 0.437 e. The van der Waals surface area contributed by atoms with Gasteiger partial charge in [0.2, 0.25) is 5.88 Å². The number of para-hydroxylation sites is 1. The second kappa shape index (κ2) is 7.90. The fraction of sp³-hybridized carbons (Fsp3) is 0.190. The van der Waals surface area contributed by atoms with E-state index in [9.17, 15) is 18.0 Å². The van der Waals surface area contributed by atoms with E-state index in [4.69, 9.17) is 4.74 Å². The van der Waals surface area contributed by atoms with Crippen molar-refractivity contribution in [2.24, 2.45) is 0 Å². The van der Waals surface area contributed by atoms with Gasteiger partial charge in [0.15, 0.2) is 0 Å². The quantitative estimate of drug-likeness (QED) is 0.630. The van der Waals surface area contributed by atoms with Crippen LogP contribution in [0.4, 0.5) is 18.9 Å². The zero-order valence-electron chi connectivity index (χ0n) is 16.0. The molecule has 3 aromatic rings. The van der Waals surface area contributed by atoms with Crippen molar-refractivity contribution in [2.75, 3.05) is 5.32 Å². The molecule has 1 amide bonds. The summed E-state index contributed by atoms with van der Waals surface area (Å²) in [5, 5.41) is 2.37. The second-order valence-electron chi connectivity index (χ2n) is 6.53. The lowest BCUT2D eigenvalue weighted by atomic mass is 10.0. The van der Waals surface area contributed by atoms with Gasteiger partial charge in [0, 0.05) is 11.8 Å². The van der Waals surface area contributed by atoms with Gasteiger partial charge in [-0.15, -0.1) is 0 Å². The minimum Gasteiger partial charge on any atom is -0.437 e. The van der Waals surface area contributed by atoms with Crippen molar-refractivity contribution in [3.8, 4) is 11.6 Å². The number of aryl methyl sites for hydroxylation is 3. The van der Waals surface area contributed by atoms with Crippen LogP contribution in [0.3, 0.4) is 0 Å². The molecule has 3 rings (SSSR count). The van der Waals surface area contributed by atoms with Crippen LogP contribution in [0.15, 0.2) is 48.8 Å². The van der Waals surface area contributed by atoms with Crippen molar-refractivity contribution < 1.29 is 22.7 Å². The molecule has 1 aromatic heterocycles. The number of nitrogens with one attached hydrogen (secondary N) is 1. The Morgan fingerprint density at radius 3 is 2.31 bits per heavy atom. The van der Waals surface area contributed by atoms with Gasteiger partial charge in [-0.2, -0.15) is 13.2 Å². The number of carbonyl (C=O) groups excluding carboxylic acids is 1. The third-order valence-corrected chi connectivity index (χ3v) is 4.17. The predicted octanol–water partition coefficient (Wildman–Crippen LogP) is 5.47. The summed E-state index contributed by atoms with van der Waals surface area (Å²) in [6.45, 7) is 5.15. The molecule has 5 nitrogen and oxygen atoms in total. The molecule has 1 heterocycles. The Balaban J connectivity index is 1.87. The van der Waals surface area contributed by atoms with Crippen molar-refractivity contribution in [2.45, 2.75) is 26.9 Å². The molecule has 0 aliphatic carbocycles. The number of carbonyl (C=O) groups is 1. The molecule has 0 aliphatic heterocycles. The summed E-state index contributed by atoms with van der Waals surface area (Å²) in [4.78, 5) is 20.9. The standard InChI is InChI=1S/C21H18F3N3O2/c1-12-8-15(29-18-11-25-10-14(3)26-18)9-13(2)19(12)20(28)27-17-7-5-4-6-16(17)21(22,23)24/h4-11H,1-3H3,(H,27,28). The minimum atomic E-state index is -4.57. The van der Waals surface area contributed by atoms with E-state index in [2.05, 4.69) is 15.3 Å². The number of anilines is 1. The van der Waals surface area contributed by atoms with E-state index in [-0.39, 0.29) is 11.3 Å². The van der Waals surface area contributed by atoms with Gasteiger partial charge in [-0.1, -0.05) is 12.1 Å². The number of nitrogens with zero attached hydrogens (tertiary/aromatic N) is 2. The van der Waals surface area contributed by atoms with Crippen LogP contribution in [0.5, 0.6) is 11.6 Å². The zero-order valence-corrected chi connectivity index (χ0v) is 16.0. The van der Waals surface area contributed by atoms with Crippen LogP contribution in [0, 0.1) is 20.8 Å². The molecule has 0 unspecified atom stereocenters. The van der Waals surface area contributed by atoms with Crippen molar-refractivity contribution in [3.05, 3.63) is 76.7 Å². The topological polar surface area (TPSA) is 64.1 Å². The van der Waals surface area contributed by atoms with E-state index < -0.39 is 17.6 Å². The number of alkyl halides is 3. The van der Waals surface area contributed by atoms with Crippen LogP contribution in [-0.2, 0) is 6.18 Å². The van der Waals surface area contributed by atoms with E-state index in [1.165, 1.54) is 24.4 Å². The number of hydrogen-bond donors (Lipinski definition) is 1. The van der Waals surface area contributed by atoms with E-state index in [0.717, 1.165) is 6.07 Å². The first kappa shape index (κ1) is 20.3. The Bertz CT molecular complexity index is 1040. The molecule has 0 bridgehead atoms. The van der Waals surface area contributed by atoms with Crippen molar-refractivity contribution in [1.29, 1.82) is 0 Å². The first-order chi connectivity index (χ1) is 13.6. The Kier molecular flexibility index (Phi) is 5.54. The van der Waals surface area contributed by atoms with Crippen LogP contribution < -0.4 is 10.1 Å². The van der Waals surface area contributed by atoms with Gasteiger partial charge in [0.05, 0.1) is 23.1 Å². The number of halogens is 3. The molecule has 29 heavy (non-hydrogen) atoms. The maximum Gasteiger partial charge on any atom is 0.418 e. The van der Waals surface area contributed by atoms with Crippen LogP contribution in [0.1, 0.15) is 32.7 Å². The maximum atomic E-state index is 13.2. The van der Waals surface area contributed by atoms with E-state index in [1.54, 1.807) is 39.1 Å². The molecule has 0 aliphatic rings. The molecule has 2 aromatic carbocycles. The summed E-state index contributed by atoms with van der Waals surface area (Å²) in [5.74, 6) is 0.130. The van der Waals surface area contributed by atoms with Gasteiger partial charge in [0.25, 0.3) is 5.91 Å². The summed E-state index contributed by atoms with van der Waals surface area (Å²) in [6.07, 6.45) is -1.51. The lowest BCUT2D eigenvalue weighted by Gasteiger charge is -2.16. The fourth-order valence-corrected chi connectivity index (χ4v) is 2.98. The number of aromatic nitrogens is 2. The van der Waals surface area contributed by atoms with Gasteiger partial charge in [-0.05, 0) is 56.2 Å². The molecule has 0 fully saturated rings. The molecule has 8 heteroatoms. The highest BCUT2D eigenvalue weighted by Crippen LogP contribution is 2.35. The van der Waals surface area contributed by atoms with Gasteiger partial charge >= 0.3 is 6.18 Å². The second-order valence-corrected chi connectivity index (χ2v) is 6.53. The first-order valence-corrected chi connectivity index (χ1v) is 8.70. The van der Waals surface area contributed by atoms with Crippen LogP contribution in [0.25, 0.3) is 0 Å². The molecule has 0 spiro atoms. The smallest absolute Gasteiger partial charge is 0.418 e. The SMILES string of the molecule is Cc1cncc(Oc2cc(C)c(C(=O)Nc3ccccc3C(F)(F)F)c(C)c2)n1. The van der Waals surface area contributed by atoms with E-state index in [1.807, 2.05) is 0 Å². The van der Waals surface area contributed by atoms with Crippen LogP contribution in [0.2, 0.25) is 0 Å². The average Bonchev–Trinajstić information content (AvgIpc) is 2.60. The van der Waals surface area contributed by atoms with E-state index in [0.29, 0.717) is 28.5 Å². The number of benzene rings is 2. The van der Waals surface area contributed by atoms with Crippen molar-refractivity contribution >= 4 is 11.6 Å². The molecular formula is C21H18F3N3O2. The Labute approximate surface area is 165 Å². The lowest BCUT2D eigenvalue weighted by molar-refractivity contribution is -0.136. The summed E-state index contributed by atoms with van der Waals surface area (Å²) >= 11 is 0. The maximum absolute atomic E-state index is 13.2. The summed E-state index contributed by atoms with van der Waals surface area (Å²) < 4.78 is 45.2. The Morgan fingerprint density at radius 2 is 1.69 bits per heavy atom. The number of rotatable bonds is 4. The van der Waals surface area contributed by atoms with Crippen LogP contribution >= 0.6 is 0 Å². The summed E-state index contributed by atoms with van der Waals surface area (Å²) in [6, 6.07) is 8.11. The Morgan fingerprint density at radius 1 is 1.03 bits per heavy atom. The summed E-state index contributed by atoms with van der Waals surface area (Å²) in [7, 11) is 0. The Hall–Kier alpha value is -3.42. The highest BCUT2D eigenvalue weighted by atomic mass is 19.4. The third kappa shape index (κ3) is 4.71. The number of hydrogen-bond acceptors (Lipinski definition) is 4. The molecule has 0 saturated carbocycles. The molecule has 0 saturated heterocycles. The highest BCUT2D eigenvalue weighted by molar-refractivity contribution is 6.06.